The maximum absolute atomic E-state index is 4.33. The molecule has 2 heteroatoms. The number of nitrogens with zero attached hydrogens (tertiary/aromatic N) is 1. The van der Waals surface area contributed by atoms with E-state index in [-0.39, 0.29) is 0 Å². The number of nitrogens with one attached hydrogen (secondary N) is 1. The van der Waals surface area contributed by atoms with Gasteiger partial charge in [0.2, 0.25) is 0 Å². The van der Waals surface area contributed by atoms with Crippen LogP contribution in [0.25, 0.3) is 0 Å². The molecule has 14 heavy (non-hydrogen) atoms. The molecule has 1 atom stereocenters. The highest BCUT2D eigenvalue weighted by Gasteiger charge is 2.10. The Kier molecular flexibility index (Phi) is 4.33. The van der Waals surface area contributed by atoms with Crippen molar-refractivity contribution in [2.45, 2.75) is 25.8 Å². The van der Waals surface area contributed by atoms with E-state index in [2.05, 4.69) is 23.8 Å². The lowest BCUT2D eigenvalue weighted by molar-refractivity contribution is 0.567. The molecular formula is C12H18N2. The molecule has 0 aliphatic rings. The predicted molar refractivity (Wildman–Crippen MR) is 60.1 cm³/mol. The highest BCUT2D eigenvalue weighted by molar-refractivity contribution is 5.12. The summed E-state index contributed by atoms with van der Waals surface area (Å²) in [5.74, 6) is 0. The molecule has 0 aliphatic heterocycles. The molecule has 1 rings (SSSR count). The number of aromatic nitrogens is 1. The molecule has 0 saturated heterocycles. The van der Waals surface area contributed by atoms with Crippen molar-refractivity contribution in [1.29, 1.82) is 0 Å². The average molecular weight is 190 g/mol. The second kappa shape index (κ2) is 5.55. The van der Waals surface area contributed by atoms with Crippen molar-refractivity contribution in [3.8, 4) is 0 Å². The molecule has 1 unspecified atom stereocenters. The second-order valence-corrected chi connectivity index (χ2v) is 3.40. The number of rotatable bonds is 5. The van der Waals surface area contributed by atoms with Crippen LogP contribution in [-0.4, -0.2) is 12.0 Å². The van der Waals surface area contributed by atoms with Gasteiger partial charge in [0, 0.05) is 6.20 Å². The first-order valence-electron chi connectivity index (χ1n) is 5.02. The van der Waals surface area contributed by atoms with Gasteiger partial charge in [-0.2, -0.15) is 0 Å². The summed E-state index contributed by atoms with van der Waals surface area (Å²) in [5.41, 5.74) is 2.35. The standard InChI is InChI=1S/C12H18N2/c1-4-10(2)9-12(13-3)11-7-5-6-8-14-11/h5-8,12-13H,2,4,9H2,1,3H3. The van der Waals surface area contributed by atoms with Crippen LogP contribution in [0.1, 0.15) is 31.5 Å². The highest BCUT2D eigenvalue weighted by atomic mass is 14.9. The van der Waals surface area contributed by atoms with Gasteiger partial charge >= 0.3 is 0 Å². The van der Waals surface area contributed by atoms with Crippen LogP contribution in [0.4, 0.5) is 0 Å². The van der Waals surface area contributed by atoms with Crippen molar-refractivity contribution >= 4 is 0 Å². The summed E-state index contributed by atoms with van der Waals surface area (Å²) in [6.07, 6.45) is 3.82. The monoisotopic (exact) mass is 190 g/mol. The third kappa shape index (κ3) is 2.96. The Bertz CT molecular complexity index is 280. The van der Waals surface area contributed by atoms with Gasteiger partial charge in [-0.3, -0.25) is 4.98 Å². The van der Waals surface area contributed by atoms with E-state index in [0.717, 1.165) is 18.5 Å². The maximum atomic E-state index is 4.33. The lowest BCUT2D eigenvalue weighted by Crippen LogP contribution is -2.17. The Balaban J connectivity index is 2.68. The number of hydrogen-bond donors (Lipinski definition) is 1. The Morgan fingerprint density at radius 1 is 1.57 bits per heavy atom. The fourth-order valence-corrected chi connectivity index (χ4v) is 1.37. The molecular weight excluding hydrogens is 172 g/mol. The van der Waals surface area contributed by atoms with Gasteiger partial charge in [-0.25, -0.2) is 0 Å². The molecule has 1 heterocycles. The van der Waals surface area contributed by atoms with E-state index in [9.17, 15) is 0 Å². The SMILES string of the molecule is C=C(CC)CC(NC)c1ccccn1. The van der Waals surface area contributed by atoms with E-state index in [1.165, 1.54) is 5.57 Å². The first-order valence-corrected chi connectivity index (χ1v) is 5.02. The van der Waals surface area contributed by atoms with Crippen molar-refractivity contribution in [2.75, 3.05) is 7.05 Å². The molecule has 76 valence electrons. The van der Waals surface area contributed by atoms with Gasteiger partial charge in [0.05, 0.1) is 11.7 Å². The van der Waals surface area contributed by atoms with Crippen LogP contribution in [0.15, 0.2) is 36.5 Å². The first-order chi connectivity index (χ1) is 6.77. The van der Waals surface area contributed by atoms with Crippen LogP contribution in [0.3, 0.4) is 0 Å². The van der Waals surface area contributed by atoms with Crippen molar-refractivity contribution in [3.05, 3.63) is 42.2 Å². The van der Waals surface area contributed by atoms with E-state index < -0.39 is 0 Å². The van der Waals surface area contributed by atoms with Crippen LogP contribution < -0.4 is 5.32 Å². The van der Waals surface area contributed by atoms with Crippen LogP contribution in [0.5, 0.6) is 0 Å². The first kappa shape index (κ1) is 10.9. The molecule has 0 bridgehead atoms. The molecule has 1 N–H and O–H groups in total. The second-order valence-electron chi connectivity index (χ2n) is 3.40. The quantitative estimate of drug-likeness (QED) is 0.722. The summed E-state index contributed by atoms with van der Waals surface area (Å²) >= 11 is 0. The topological polar surface area (TPSA) is 24.9 Å². The van der Waals surface area contributed by atoms with Crippen molar-refractivity contribution < 1.29 is 0 Å². The Hall–Kier alpha value is -1.15. The summed E-state index contributed by atoms with van der Waals surface area (Å²) < 4.78 is 0. The zero-order chi connectivity index (χ0) is 10.4. The van der Waals surface area contributed by atoms with Crippen molar-refractivity contribution in [2.24, 2.45) is 0 Å². The minimum atomic E-state index is 0.295. The van der Waals surface area contributed by atoms with Gasteiger partial charge in [0.25, 0.3) is 0 Å². The number of pyridine rings is 1. The van der Waals surface area contributed by atoms with Gasteiger partial charge in [-0.1, -0.05) is 25.1 Å². The van der Waals surface area contributed by atoms with Crippen molar-refractivity contribution in [3.63, 3.8) is 0 Å². The number of hydrogen-bond acceptors (Lipinski definition) is 2. The molecule has 0 aliphatic carbocycles. The molecule has 0 fully saturated rings. The molecule has 1 aromatic heterocycles. The van der Waals surface area contributed by atoms with Gasteiger partial charge in [0.1, 0.15) is 0 Å². The Labute approximate surface area is 86.1 Å². The van der Waals surface area contributed by atoms with Gasteiger partial charge < -0.3 is 5.32 Å². The van der Waals surface area contributed by atoms with Gasteiger partial charge in [-0.15, -0.1) is 0 Å². The molecule has 0 amide bonds. The third-order valence-electron chi connectivity index (χ3n) is 2.39. The van der Waals surface area contributed by atoms with E-state index in [1.807, 2.05) is 31.4 Å². The fourth-order valence-electron chi connectivity index (χ4n) is 1.37. The van der Waals surface area contributed by atoms with Crippen LogP contribution in [-0.2, 0) is 0 Å². The van der Waals surface area contributed by atoms with Crippen molar-refractivity contribution in [1.82, 2.24) is 10.3 Å². The van der Waals surface area contributed by atoms with E-state index >= 15 is 0 Å². The lowest BCUT2D eigenvalue weighted by Gasteiger charge is -2.16. The molecule has 0 aromatic carbocycles. The van der Waals surface area contributed by atoms with Crippen LogP contribution >= 0.6 is 0 Å². The average Bonchev–Trinajstić information content (AvgIpc) is 2.26. The molecule has 2 nitrogen and oxygen atoms in total. The summed E-state index contributed by atoms with van der Waals surface area (Å²) in [4.78, 5) is 4.33. The smallest absolute Gasteiger partial charge is 0.0576 e. The fraction of sp³-hybridized carbons (Fsp3) is 0.417. The minimum absolute atomic E-state index is 0.295. The summed E-state index contributed by atoms with van der Waals surface area (Å²) in [6.45, 7) is 6.15. The molecule has 0 radical (unpaired) electrons. The Morgan fingerprint density at radius 2 is 2.36 bits per heavy atom. The highest BCUT2D eigenvalue weighted by Crippen LogP contribution is 2.19. The molecule has 0 saturated carbocycles. The largest absolute Gasteiger partial charge is 0.311 e. The Morgan fingerprint density at radius 3 is 2.86 bits per heavy atom. The molecule has 0 spiro atoms. The summed E-state index contributed by atoms with van der Waals surface area (Å²) in [5, 5.41) is 3.26. The minimum Gasteiger partial charge on any atom is -0.311 e. The zero-order valence-electron chi connectivity index (χ0n) is 8.96. The van der Waals surface area contributed by atoms with E-state index in [1.54, 1.807) is 0 Å². The maximum Gasteiger partial charge on any atom is 0.0576 e. The van der Waals surface area contributed by atoms with Gasteiger partial charge in [-0.05, 0) is 32.0 Å². The van der Waals surface area contributed by atoms with E-state index in [4.69, 9.17) is 0 Å². The lowest BCUT2D eigenvalue weighted by atomic mass is 10.0. The molecule has 1 aromatic rings. The normalized spacial score (nSPS) is 12.4. The van der Waals surface area contributed by atoms with E-state index in [0.29, 0.717) is 6.04 Å². The zero-order valence-corrected chi connectivity index (χ0v) is 8.96. The summed E-state index contributed by atoms with van der Waals surface area (Å²) in [7, 11) is 1.96. The third-order valence-corrected chi connectivity index (χ3v) is 2.39. The van der Waals surface area contributed by atoms with Gasteiger partial charge in [0.15, 0.2) is 0 Å². The summed E-state index contributed by atoms with van der Waals surface area (Å²) in [6, 6.07) is 6.29. The van der Waals surface area contributed by atoms with Crippen LogP contribution in [0, 0.1) is 0 Å². The predicted octanol–water partition coefficient (Wildman–Crippen LogP) is 2.70. The van der Waals surface area contributed by atoms with Crippen LogP contribution in [0.2, 0.25) is 0 Å².